The maximum absolute atomic E-state index is 13.9. The predicted molar refractivity (Wildman–Crippen MR) is 148 cm³/mol. The molecule has 0 bridgehead atoms. The van der Waals surface area contributed by atoms with Gasteiger partial charge in [-0.2, -0.15) is 18.2 Å². The van der Waals surface area contributed by atoms with Gasteiger partial charge in [-0.1, -0.05) is 24.3 Å². The Morgan fingerprint density at radius 2 is 1.54 bits per heavy atom. The average molecular weight is 600 g/mol. The number of para-hydroxylation sites is 1. The Morgan fingerprint density at radius 3 is 2.12 bits per heavy atom. The summed E-state index contributed by atoms with van der Waals surface area (Å²) in [6, 6.07) is 13.7. The number of anilines is 2. The molecule has 0 unspecified atom stereocenters. The molecule has 1 fully saturated rings. The van der Waals surface area contributed by atoms with Gasteiger partial charge in [0.2, 0.25) is 16.0 Å². The van der Waals surface area contributed by atoms with E-state index in [1.165, 1.54) is 18.2 Å². The minimum atomic E-state index is -5.08. The Hall–Kier alpha value is -3.52. The summed E-state index contributed by atoms with van der Waals surface area (Å²) >= 11 is 0. The third-order valence-electron chi connectivity index (χ3n) is 6.47. The van der Waals surface area contributed by atoms with Crippen molar-refractivity contribution in [3.8, 4) is 0 Å². The van der Waals surface area contributed by atoms with Crippen LogP contribution < -0.4 is 15.4 Å². The average Bonchev–Trinajstić information content (AvgIpc) is 2.91. The van der Waals surface area contributed by atoms with E-state index < -0.39 is 28.0 Å². The van der Waals surface area contributed by atoms with Crippen LogP contribution in [0.15, 0.2) is 53.4 Å². The molecule has 1 aliphatic rings. The Kier molecular flexibility index (Phi) is 10.8. The second-order valence-electron chi connectivity index (χ2n) is 10.1. The highest BCUT2D eigenvalue weighted by Gasteiger charge is 2.38. The molecule has 1 aliphatic carbocycles. The molecule has 0 atom stereocenters. The normalized spacial score (nSPS) is 17.5. The first-order valence-electron chi connectivity index (χ1n) is 13.1. The van der Waals surface area contributed by atoms with Gasteiger partial charge in [-0.25, -0.2) is 27.3 Å². The number of fused-ring (bicyclic) bond motifs is 1. The number of alkyl halides is 3. The molecule has 0 radical (unpaired) electrons. The maximum atomic E-state index is 13.9. The fourth-order valence-corrected chi connectivity index (χ4v) is 5.58. The molecule has 0 aliphatic heterocycles. The Balaban J connectivity index is 0.000000587. The molecule has 14 heteroatoms. The first-order valence-corrected chi connectivity index (χ1v) is 14.6. The number of aromatic nitrogens is 2. The summed E-state index contributed by atoms with van der Waals surface area (Å²) in [4.78, 5) is 18.0. The third-order valence-corrected chi connectivity index (χ3v) is 7.93. The van der Waals surface area contributed by atoms with Gasteiger partial charge in [-0.3, -0.25) is 0 Å². The highest BCUT2D eigenvalue weighted by atomic mass is 32.2. The number of benzene rings is 2. The van der Waals surface area contributed by atoms with Crippen molar-refractivity contribution in [2.75, 3.05) is 23.7 Å². The van der Waals surface area contributed by atoms with Gasteiger partial charge in [0.25, 0.3) is 0 Å². The van der Waals surface area contributed by atoms with E-state index in [-0.39, 0.29) is 16.9 Å². The first-order chi connectivity index (χ1) is 19.3. The van der Waals surface area contributed by atoms with Crippen LogP contribution in [0.1, 0.15) is 39.5 Å². The van der Waals surface area contributed by atoms with Gasteiger partial charge < -0.3 is 15.7 Å². The molecule has 224 valence electrons. The van der Waals surface area contributed by atoms with Crippen LogP contribution in [0, 0.1) is 17.7 Å². The summed E-state index contributed by atoms with van der Waals surface area (Å²) in [5.41, 5.74) is 0.897. The van der Waals surface area contributed by atoms with E-state index in [2.05, 4.69) is 34.2 Å². The smallest absolute Gasteiger partial charge is 0.475 e. The van der Waals surface area contributed by atoms with E-state index in [0.717, 1.165) is 55.0 Å². The van der Waals surface area contributed by atoms with Crippen LogP contribution in [-0.4, -0.2) is 54.8 Å². The van der Waals surface area contributed by atoms with Crippen molar-refractivity contribution < 1.29 is 35.9 Å². The van der Waals surface area contributed by atoms with Crippen LogP contribution in [0.3, 0.4) is 0 Å². The lowest BCUT2D eigenvalue weighted by molar-refractivity contribution is -0.192. The number of aliphatic carboxylic acids is 1. The molecule has 0 amide bonds. The van der Waals surface area contributed by atoms with Gasteiger partial charge in [0.05, 0.1) is 5.52 Å². The molecule has 41 heavy (non-hydrogen) atoms. The highest BCUT2D eigenvalue weighted by Crippen LogP contribution is 2.29. The number of nitrogens with one attached hydrogen (secondary N) is 3. The Labute approximate surface area is 235 Å². The van der Waals surface area contributed by atoms with Crippen LogP contribution >= 0.6 is 0 Å². The predicted octanol–water partition coefficient (Wildman–Crippen LogP) is 5.42. The van der Waals surface area contributed by atoms with Crippen LogP contribution in [0.5, 0.6) is 0 Å². The van der Waals surface area contributed by atoms with Crippen LogP contribution in [0.25, 0.3) is 10.9 Å². The zero-order valence-electron chi connectivity index (χ0n) is 22.6. The summed E-state index contributed by atoms with van der Waals surface area (Å²) in [6.07, 6.45) is -1.26. The molecular formula is C27H33F4N5O4S. The van der Waals surface area contributed by atoms with Crippen molar-refractivity contribution >= 4 is 38.7 Å². The third kappa shape index (κ3) is 9.52. The lowest BCUT2D eigenvalue weighted by atomic mass is 9.82. The number of hydrogen-bond donors (Lipinski definition) is 4. The molecule has 2 aromatic carbocycles. The fraction of sp³-hybridized carbons (Fsp3) is 0.444. The van der Waals surface area contributed by atoms with Crippen molar-refractivity contribution in [2.24, 2.45) is 11.8 Å². The molecular weight excluding hydrogens is 566 g/mol. The van der Waals surface area contributed by atoms with Gasteiger partial charge in [-0.05, 0) is 75.6 Å². The monoisotopic (exact) mass is 599 g/mol. The molecule has 4 N–H and O–H groups in total. The zero-order chi connectivity index (χ0) is 30.2. The minimum Gasteiger partial charge on any atom is -0.475 e. The van der Waals surface area contributed by atoms with Crippen molar-refractivity contribution in [3.05, 3.63) is 54.3 Å². The standard InChI is InChI=1S/C25H32FN5O2S.C2HF3O2/c1-17(2)29-24-20-7-3-5-9-22(20)30-25(31-24)27-15-18-11-13-19(14-12-18)16-28-34(32,33)23-10-6-4-8-21(23)26;3-2(4,5)1(6)7/h3-10,17-19,28H,11-16H2,1-2H3,(H2,27,29,30,31);(H,6,7). The molecule has 0 saturated heterocycles. The van der Waals surface area contributed by atoms with Crippen LogP contribution in [0.4, 0.5) is 29.3 Å². The topological polar surface area (TPSA) is 133 Å². The number of rotatable bonds is 9. The van der Waals surface area contributed by atoms with E-state index in [1.807, 2.05) is 24.3 Å². The minimum absolute atomic E-state index is 0.247. The molecule has 1 aromatic heterocycles. The number of nitrogens with zero attached hydrogens (tertiary/aromatic N) is 2. The first kappa shape index (κ1) is 32.0. The SMILES string of the molecule is CC(C)Nc1nc(NCC2CCC(CNS(=O)(=O)c3ccccc3F)CC2)nc2ccccc12.O=C(O)C(F)(F)F. The Bertz CT molecular complexity index is 1430. The number of sulfonamides is 1. The van der Waals surface area contributed by atoms with E-state index in [4.69, 9.17) is 14.9 Å². The lowest BCUT2D eigenvalue weighted by Crippen LogP contribution is -2.32. The van der Waals surface area contributed by atoms with Crippen molar-refractivity contribution in [2.45, 2.75) is 56.6 Å². The number of hydrogen-bond acceptors (Lipinski definition) is 7. The maximum Gasteiger partial charge on any atom is 0.490 e. The van der Waals surface area contributed by atoms with E-state index >= 15 is 0 Å². The number of carboxylic acids is 1. The summed E-state index contributed by atoms with van der Waals surface area (Å²) in [6.45, 7) is 5.26. The molecule has 9 nitrogen and oxygen atoms in total. The molecule has 0 spiro atoms. The highest BCUT2D eigenvalue weighted by molar-refractivity contribution is 7.89. The summed E-state index contributed by atoms with van der Waals surface area (Å²) < 4.78 is 73.0. The second-order valence-corrected chi connectivity index (χ2v) is 11.8. The Morgan fingerprint density at radius 1 is 0.976 bits per heavy atom. The van der Waals surface area contributed by atoms with E-state index in [0.29, 0.717) is 18.4 Å². The van der Waals surface area contributed by atoms with Crippen LogP contribution in [0.2, 0.25) is 0 Å². The van der Waals surface area contributed by atoms with Gasteiger partial charge in [0.1, 0.15) is 16.5 Å². The van der Waals surface area contributed by atoms with E-state index in [9.17, 15) is 26.0 Å². The quantitative estimate of drug-likeness (QED) is 0.240. The molecule has 4 rings (SSSR count). The van der Waals surface area contributed by atoms with E-state index in [1.54, 1.807) is 0 Å². The molecule has 1 heterocycles. The summed E-state index contributed by atoms with van der Waals surface area (Å²) in [5.74, 6) is -1.33. The number of carbonyl (C=O) groups is 1. The van der Waals surface area contributed by atoms with Gasteiger partial charge in [-0.15, -0.1) is 0 Å². The molecule has 1 saturated carbocycles. The van der Waals surface area contributed by atoms with Gasteiger partial charge in [0.15, 0.2) is 0 Å². The largest absolute Gasteiger partial charge is 0.490 e. The summed E-state index contributed by atoms with van der Waals surface area (Å²) in [5, 5.41) is 14.9. The number of halogens is 4. The zero-order valence-corrected chi connectivity index (χ0v) is 23.4. The van der Waals surface area contributed by atoms with Crippen LogP contribution in [-0.2, 0) is 14.8 Å². The van der Waals surface area contributed by atoms with Crippen molar-refractivity contribution in [1.82, 2.24) is 14.7 Å². The van der Waals surface area contributed by atoms with Crippen molar-refractivity contribution in [3.63, 3.8) is 0 Å². The molecule has 3 aromatic rings. The number of carboxylic acid groups (broad SMARTS) is 1. The summed E-state index contributed by atoms with van der Waals surface area (Å²) in [7, 11) is -3.84. The lowest BCUT2D eigenvalue weighted by Gasteiger charge is -2.28. The second kappa shape index (κ2) is 13.9. The fourth-order valence-electron chi connectivity index (χ4n) is 4.38. The van der Waals surface area contributed by atoms with Gasteiger partial charge >= 0.3 is 12.1 Å². The van der Waals surface area contributed by atoms with Gasteiger partial charge in [0, 0.05) is 24.5 Å². The van der Waals surface area contributed by atoms with Crippen molar-refractivity contribution in [1.29, 1.82) is 0 Å².